The summed E-state index contributed by atoms with van der Waals surface area (Å²) in [6.07, 6.45) is -3.03. The summed E-state index contributed by atoms with van der Waals surface area (Å²) in [5, 5.41) is 52.0. The number of imidazole rings is 1. The van der Waals surface area contributed by atoms with Crippen molar-refractivity contribution in [1.29, 1.82) is 0 Å². The third kappa shape index (κ3) is 3.88. The molecule has 2 aromatic rings. The van der Waals surface area contributed by atoms with Crippen molar-refractivity contribution in [3.63, 3.8) is 0 Å². The Kier molecular flexibility index (Phi) is 6.19. The highest BCUT2D eigenvalue weighted by Gasteiger charge is 2.44. The second-order valence-corrected chi connectivity index (χ2v) is 6.77. The summed E-state index contributed by atoms with van der Waals surface area (Å²) in [5.74, 6) is 0.588. The first-order valence-corrected chi connectivity index (χ1v) is 8.80. The van der Waals surface area contributed by atoms with Gasteiger partial charge in [-0.15, -0.1) is 0 Å². The SMILES string of the molecule is CC(CO)CCNc1ncnc2ncn(C3OC(CO)C(O)[C@H](O)[C@@H]3O)c12. The maximum Gasteiger partial charge on any atom is 0.183 e. The van der Waals surface area contributed by atoms with Crippen LogP contribution in [-0.4, -0.2) is 89.2 Å². The van der Waals surface area contributed by atoms with Crippen LogP contribution in [0.25, 0.3) is 11.2 Å². The minimum Gasteiger partial charge on any atom is -0.396 e. The quantitative estimate of drug-likeness (QED) is 0.322. The topological polar surface area (TPSA) is 166 Å². The largest absolute Gasteiger partial charge is 0.396 e. The molecule has 11 heteroatoms. The molecule has 2 aromatic heterocycles. The molecule has 0 saturated carbocycles. The van der Waals surface area contributed by atoms with Gasteiger partial charge in [-0.2, -0.15) is 0 Å². The average Bonchev–Trinajstić information content (AvgIpc) is 3.11. The number of hydrogen-bond acceptors (Lipinski definition) is 10. The van der Waals surface area contributed by atoms with Crippen molar-refractivity contribution in [1.82, 2.24) is 19.5 Å². The lowest BCUT2D eigenvalue weighted by Gasteiger charge is -2.40. The number of aromatic nitrogens is 4. The van der Waals surface area contributed by atoms with Gasteiger partial charge in [-0.1, -0.05) is 6.92 Å². The van der Waals surface area contributed by atoms with E-state index in [1.54, 1.807) is 0 Å². The standard InChI is InChI=1S/C16H25N5O6/c1-8(4-22)2-3-17-14-10-15(19-6-18-14)20-7-21(10)16-13(26)12(25)11(24)9(5-23)27-16/h6-9,11-13,16,22-26H,2-5H2,1H3,(H,17,18,19)/t8?,9?,11?,12-,13-,16?/m0/s1. The Balaban J connectivity index is 1.90. The number of nitrogens with zero attached hydrogens (tertiary/aromatic N) is 4. The molecule has 4 unspecified atom stereocenters. The molecule has 0 radical (unpaired) electrons. The maximum absolute atomic E-state index is 10.4. The molecule has 1 fully saturated rings. The zero-order valence-electron chi connectivity index (χ0n) is 14.9. The highest BCUT2D eigenvalue weighted by atomic mass is 16.6. The van der Waals surface area contributed by atoms with Crippen molar-refractivity contribution < 1.29 is 30.3 Å². The molecule has 1 aliphatic heterocycles. The smallest absolute Gasteiger partial charge is 0.183 e. The van der Waals surface area contributed by atoms with Gasteiger partial charge in [0.2, 0.25) is 0 Å². The lowest BCUT2D eigenvalue weighted by molar-refractivity contribution is -0.250. The van der Waals surface area contributed by atoms with Crippen LogP contribution in [0.15, 0.2) is 12.7 Å². The van der Waals surface area contributed by atoms with Gasteiger partial charge in [0.05, 0.1) is 6.61 Å². The average molecular weight is 383 g/mol. The first kappa shape index (κ1) is 19.9. The Hall–Kier alpha value is -1.89. The van der Waals surface area contributed by atoms with E-state index in [1.165, 1.54) is 17.2 Å². The summed E-state index contributed by atoms with van der Waals surface area (Å²) >= 11 is 0. The molecule has 6 atom stereocenters. The molecule has 6 N–H and O–H groups in total. The third-order valence-electron chi connectivity index (χ3n) is 4.75. The van der Waals surface area contributed by atoms with E-state index in [0.29, 0.717) is 23.5 Å². The van der Waals surface area contributed by atoms with E-state index in [1.807, 2.05) is 6.92 Å². The monoisotopic (exact) mass is 383 g/mol. The van der Waals surface area contributed by atoms with Crippen LogP contribution < -0.4 is 5.32 Å². The summed E-state index contributed by atoms with van der Waals surface area (Å²) in [5.41, 5.74) is 0.818. The van der Waals surface area contributed by atoms with Crippen molar-refractivity contribution in [3.8, 4) is 0 Å². The molecule has 3 rings (SSSR count). The second-order valence-electron chi connectivity index (χ2n) is 6.77. The van der Waals surface area contributed by atoms with Gasteiger partial charge in [0.15, 0.2) is 17.7 Å². The lowest BCUT2D eigenvalue weighted by atomic mass is 9.98. The first-order chi connectivity index (χ1) is 13.0. The van der Waals surface area contributed by atoms with E-state index >= 15 is 0 Å². The fourth-order valence-corrected chi connectivity index (χ4v) is 3.04. The van der Waals surface area contributed by atoms with E-state index in [9.17, 15) is 20.4 Å². The Morgan fingerprint density at radius 3 is 2.63 bits per heavy atom. The number of anilines is 1. The van der Waals surface area contributed by atoms with Crippen molar-refractivity contribution >= 4 is 17.0 Å². The molecule has 1 aliphatic rings. The van der Waals surface area contributed by atoms with Gasteiger partial charge in [0.25, 0.3) is 0 Å². The van der Waals surface area contributed by atoms with E-state index in [0.717, 1.165) is 6.42 Å². The number of aliphatic hydroxyl groups is 5. The van der Waals surface area contributed by atoms with Crippen molar-refractivity contribution in [2.75, 3.05) is 25.1 Å². The highest BCUT2D eigenvalue weighted by molar-refractivity contribution is 5.83. The number of nitrogens with one attached hydrogen (secondary N) is 1. The zero-order chi connectivity index (χ0) is 19.6. The molecule has 0 amide bonds. The van der Waals surface area contributed by atoms with E-state index in [2.05, 4.69) is 20.3 Å². The predicted octanol–water partition coefficient (Wildman–Crippen LogP) is -1.77. The molecule has 0 aromatic carbocycles. The summed E-state index contributed by atoms with van der Waals surface area (Å²) in [6, 6.07) is 0. The maximum atomic E-state index is 10.4. The van der Waals surface area contributed by atoms with Gasteiger partial charge in [0, 0.05) is 13.2 Å². The minimum absolute atomic E-state index is 0.0870. The Bertz CT molecular complexity index is 756. The number of hydrogen-bond donors (Lipinski definition) is 6. The van der Waals surface area contributed by atoms with Crippen LogP contribution in [0.2, 0.25) is 0 Å². The van der Waals surface area contributed by atoms with Crippen LogP contribution in [0.5, 0.6) is 0 Å². The molecule has 0 spiro atoms. The molecule has 11 nitrogen and oxygen atoms in total. The fraction of sp³-hybridized carbons (Fsp3) is 0.688. The number of ether oxygens (including phenoxy) is 1. The molecular weight excluding hydrogens is 358 g/mol. The van der Waals surface area contributed by atoms with Crippen molar-refractivity contribution in [3.05, 3.63) is 12.7 Å². The molecular formula is C16H25N5O6. The van der Waals surface area contributed by atoms with Gasteiger partial charge < -0.3 is 35.6 Å². The molecule has 3 heterocycles. The second kappa shape index (κ2) is 8.42. The van der Waals surface area contributed by atoms with E-state index in [4.69, 9.17) is 9.84 Å². The summed E-state index contributed by atoms with van der Waals surface area (Å²) in [7, 11) is 0. The summed E-state index contributed by atoms with van der Waals surface area (Å²) in [6.45, 7) is 2.04. The Morgan fingerprint density at radius 1 is 1.15 bits per heavy atom. The zero-order valence-corrected chi connectivity index (χ0v) is 14.9. The van der Waals surface area contributed by atoms with Crippen LogP contribution in [0.3, 0.4) is 0 Å². The first-order valence-electron chi connectivity index (χ1n) is 8.80. The van der Waals surface area contributed by atoms with Gasteiger partial charge in [-0.25, -0.2) is 15.0 Å². The highest BCUT2D eigenvalue weighted by Crippen LogP contribution is 2.32. The number of aliphatic hydroxyl groups excluding tert-OH is 5. The fourth-order valence-electron chi connectivity index (χ4n) is 3.04. The van der Waals surface area contributed by atoms with Crippen LogP contribution in [-0.2, 0) is 4.74 Å². The van der Waals surface area contributed by atoms with Gasteiger partial charge in [0.1, 0.15) is 42.6 Å². The minimum atomic E-state index is -1.50. The molecule has 150 valence electrons. The van der Waals surface area contributed by atoms with Gasteiger partial charge in [-0.3, -0.25) is 4.57 Å². The van der Waals surface area contributed by atoms with Gasteiger partial charge >= 0.3 is 0 Å². The molecule has 0 aliphatic carbocycles. The van der Waals surface area contributed by atoms with Crippen LogP contribution in [0, 0.1) is 5.92 Å². The van der Waals surface area contributed by atoms with E-state index < -0.39 is 37.3 Å². The van der Waals surface area contributed by atoms with Crippen molar-refractivity contribution in [2.45, 2.75) is 44.0 Å². The van der Waals surface area contributed by atoms with Crippen LogP contribution >= 0.6 is 0 Å². The summed E-state index contributed by atoms with van der Waals surface area (Å²) in [4.78, 5) is 12.5. The molecule has 0 bridgehead atoms. The lowest BCUT2D eigenvalue weighted by Crippen LogP contribution is -2.56. The van der Waals surface area contributed by atoms with Crippen LogP contribution in [0.4, 0.5) is 5.82 Å². The Labute approximate surface area is 155 Å². The normalized spacial score (nSPS) is 29.8. The molecule has 27 heavy (non-hydrogen) atoms. The number of rotatable bonds is 7. The van der Waals surface area contributed by atoms with E-state index in [-0.39, 0.29) is 12.5 Å². The number of fused-ring (bicyclic) bond motifs is 1. The predicted molar refractivity (Wildman–Crippen MR) is 93.7 cm³/mol. The van der Waals surface area contributed by atoms with Crippen molar-refractivity contribution in [2.24, 2.45) is 5.92 Å². The summed E-state index contributed by atoms with van der Waals surface area (Å²) < 4.78 is 7.06. The Morgan fingerprint density at radius 2 is 1.93 bits per heavy atom. The van der Waals surface area contributed by atoms with Crippen LogP contribution in [0.1, 0.15) is 19.6 Å². The third-order valence-corrected chi connectivity index (χ3v) is 4.75. The molecule has 1 saturated heterocycles. The van der Waals surface area contributed by atoms with Gasteiger partial charge in [-0.05, 0) is 12.3 Å².